The topological polar surface area (TPSA) is 89.3 Å². The zero-order valence-corrected chi connectivity index (χ0v) is 13.7. The molecule has 0 amide bonds. The van der Waals surface area contributed by atoms with E-state index in [9.17, 15) is 9.18 Å². The molecule has 0 fully saturated rings. The maximum atomic E-state index is 13.4. The molecule has 0 aliphatic heterocycles. The van der Waals surface area contributed by atoms with Gasteiger partial charge in [-0.05, 0) is 42.3 Å². The summed E-state index contributed by atoms with van der Waals surface area (Å²) in [4.78, 5) is 27.6. The molecular weight excluding hydrogens is 335 g/mol. The van der Waals surface area contributed by atoms with Crippen molar-refractivity contribution in [2.45, 2.75) is 6.92 Å². The van der Waals surface area contributed by atoms with E-state index in [4.69, 9.17) is 0 Å². The van der Waals surface area contributed by atoms with E-state index in [1.807, 2.05) is 6.92 Å². The third-order valence-electron chi connectivity index (χ3n) is 3.86. The molecule has 0 aliphatic rings. The van der Waals surface area contributed by atoms with Crippen LogP contribution in [0, 0.1) is 12.7 Å². The smallest absolute Gasteiger partial charge is 0.262 e. The Morgan fingerprint density at radius 2 is 2.00 bits per heavy atom. The zero-order chi connectivity index (χ0) is 18.1. The van der Waals surface area contributed by atoms with Crippen molar-refractivity contribution in [2.75, 3.05) is 0 Å². The molecule has 0 saturated heterocycles. The monoisotopic (exact) mass is 348 g/mol. The number of benzene rings is 1. The largest absolute Gasteiger partial charge is 0.306 e. The van der Waals surface area contributed by atoms with Crippen molar-refractivity contribution < 1.29 is 4.39 Å². The number of aromatic amines is 1. The van der Waals surface area contributed by atoms with Crippen LogP contribution in [0.5, 0.6) is 0 Å². The highest BCUT2D eigenvalue weighted by atomic mass is 19.1. The van der Waals surface area contributed by atoms with Gasteiger partial charge in [0.1, 0.15) is 17.0 Å². The summed E-state index contributed by atoms with van der Waals surface area (Å²) in [5.41, 5.74) is 1.63. The molecule has 4 rings (SSSR count). The van der Waals surface area contributed by atoms with Gasteiger partial charge in [-0.2, -0.15) is 9.78 Å². The number of H-pyrrole nitrogens is 1. The standard InChI is InChI=1S/C18H13FN6O/c1-11-3-5-13(19)9-12(11)4-6-15-23-16-14(17(26)24-15)10-22-25(16)18-20-7-2-8-21-18/h2-10H,1H3,(H,23,24,26). The van der Waals surface area contributed by atoms with E-state index in [0.29, 0.717) is 28.4 Å². The molecule has 8 heteroatoms. The summed E-state index contributed by atoms with van der Waals surface area (Å²) >= 11 is 0. The van der Waals surface area contributed by atoms with Crippen LogP contribution in [0.1, 0.15) is 17.0 Å². The van der Waals surface area contributed by atoms with Crippen LogP contribution in [-0.2, 0) is 0 Å². The minimum Gasteiger partial charge on any atom is -0.306 e. The summed E-state index contributed by atoms with van der Waals surface area (Å²) in [6, 6.07) is 6.20. The highest BCUT2D eigenvalue weighted by molar-refractivity contribution is 5.77. The predicted molar refractivity (Wildman–Crippen MR) is 95.1 cm³/mol. The Bertz CT molecular complexity index is 1180. The fourth-order valence-electron chi connectivity index (χ4n) is 2.52. The number of aromatic nitrogens is 6. The van der Waals surface area contributed by atoms with Crippen LogP contribution in [0.2, 0.25) is 0 Å². The molecule has 3 heterocycles. The summed E-state index contributed by atoms with van der Waals surface area (Å²) in [5.74, 6) is 0.312. The van der Waals surface area contributed by atoms with Crippen molar-refractivity contribution in [2.24, 2.45) is 0 Å². The Morgan fingerprint density at radius 1 is 1.19 bits per heavy atom. The third-order valence-corrected chi connectivity index (χ3v) is 3.86. The van der Waals surface area contributed by atoms with Gasteiger partial charge in [-0.3, -0.25) is 4.79 Å². The molecule has 128 valence electrons. The normalized spacial score (nSPS) is 11.5. The quantitative estimate of drug-likeness (QED) is 0.614. The number of nitrogens with one attached hydrogen (secondary N) is 1. The SMILES string of the molecule is Cc1ccc(F)cc1C=Cc1nc2c(cnn2-c2ncccn2)c(=O)[nH]1. The Labute approximate surface area is 146 Å². The van der Waals surface area contributed by atoms with Crippen molar-refractivity contribution in [1.29, 1.82) is 0 Å². The molecule has 1 aromatic carbocycles. The van der Waals surface area contributed by atoms with E-state index < -0.39 is 0 Å². The lowest BCUT2D eigenvalue weighted by Crippen LogP contribution is -2.11. The molecule has 1 N–H and O–H groups in total. The van der Waals surface area contributed by atoms with Gasteiger partial charge in [-0.25, -0.2) is 19.3 Å². The first-order valence-corrected chi connectivity index (χ1v) is 7.81. The van der Waals surface area contributed by atoms with Gasteiger partial charge in [0.05, 0.1) is 6.20 Å². The lowest BCUT2D eigenvalue weighted by Gasteiger charge is -2.02. The van der Waals surface area contributed by atoms with E-state index >= 15 is 0 Å². The van der Waals surface area contributed by atoms with Gasteiger partial charge in [0.2, 0.25) is 0 Å². The summed E-state index contributed by atoms with van der Waals surface area (Å²) in [6.45, 7) is 1.88. The van der Waals surface area contributed by atoms with Gasteiger partial charge in [-0.1, -0.05) is 12.1 Å². The number of nitrogens with zero attached hydrogens (tertiary/aromatic N) is 5. The van der Waals surface area contributed by atoms with Crippen LogP contribution >= 0.6 is 0 Å². The lowest BCUT2D eigenvalue weighted by atomic mass is 10.1. The van der Waals surface area contributed by atoms with E-state index in [1.165, 1.54) is 23.0 Å². The Kier molecular flexibility index (Phi) is 3.85. The maximum Gasteiger partial charge on any atom is 0.262 e. The molecule has 3 aromatic heterocycles. The van der Waals surface area contributed by atoms with Crippen LogP contribution in [0.15, 0.2) is 47.7 Å². The number of fused-ring (bicyclic) bond motifs is 1. The highest BCUT2D eigenvalue weighted by Crippen LogP contribution is 2.14. The van der Waals surface area contributed by atoms with Gasteiger partial charge >= 0.3 is 0 Å². The molecular formula is C18H13FN6O. The molecule has 0 bridgehead atoms. The summed E-state index contributed by atoms with van der Waals surface area (Å²) in [5, 5.41) is 4.48. The molecule has 0 spiro atoms. The average Bonchev–Trinajstić information content (AvgIpc) is 3.08. The van der Waals surface area contributed by atoms with E-state index in [1.54, 1.807) is 36.7 Å². The van der Waals surface area contributed by atoms with Gasteiger partial charge < -0.3 is 4.98 Å². The molecule has 0 saturated carbocycles. The van der Waals surface area contributed by atoms with Crippen LogP contribution in [0.4, 0.5) is 4.39 Å². The second kappa shape index (κ2) is 6.32. The summed E-state index contributed by atoms with van der Waals surface area (Å²) < 4.78 is 14.8. The summed E-state index contributed by atoms with van der Waals surface area (Å²) in [7, 11) is 0. The molecule has 0 atom stereocenters. The van der Waals surface area contributed by atoms with Gasteiger partial charge in [0.25, 0.3) is 11.5 Å². The molecule has 0 aliphatic carbocycles. The maximum absolute atomic E-state index is 13.4. The number of halogens is 1. The van der Waals surface area contributed by atoms with Crippen molar-refractivity contribution in [3.05, 3.63) is 76.0 Å². The van der Waals surface area contributed by atoms with Crippen LogP contribution < -0.4 is 5.56 Å². The van der Waals surface area contributed by atoms with Crippen molar-refractivity contribution >= 4 is 23.2 Å². The van der Waals surface area contributed by atoms with E-state index in [2.05, 4.69) is 25.0 Å². The van der Waals surface area contributed by atoms with Crippen LogP contribution in [0.25, 0.3) is 29.1 Å². The number of rotatable bonds is 3. The second-order valence-electron chi connectivity index (χ2n) is 5.63. The van der Waals surface area contributed by atoms with E-state index in [-0.39, 0.29) is 11.4 Å². The number of aryl methyl sites for hydroxylation is 1. The average molecular weight is 348 g/mol. The molecule has 7 nitrogen and oxygen atoms in total. The van der Waals surface area contributed by atoms with Crippen molar-refractivity contribution in [3.63, 3.8) is 0 Å². The first-order valence-electron chi connectivity index (χ1n) is 7.81. The first kappa shape index (κ1) is 15.8. The van der Waals surface area contributed by atoms with E-state index in [0.717, 1.165) is 5.56 Å². The predicted octanol–water partition coefficient (Wildman–Crippen LogP) is 2.52. The molecule has 0 unspecified atom stereocenters. The summed E-state index contributed by atoms with van der Waals surface area (Å²) in [6.07, 6.45) is 7.89. The fraction of sp³-hybridized carbons (Fsp3) is 0.0556. The molecule has 0 radical (unpaired) electrons. The van der Waals surface area contributed by atoms with Gasteiger partial charge in [0.15, 0.2) is 5.65 Å². The fourth-order valence-corrected chi connectivity index (χ4v) is 2.52. The van der Waals surface area contributed by atoms with Crippen LogP contribution in [-0.4, -0.2) is 29.7 Å². The van der Waals surface area contributed by atoms with Gasteiger partial charge in [0, 0.05) is 12.4 Å². The molecule has 4 aromatic rings. The third kappa shape index (κ3) is 2.88. The highest BCUT2D eigenvalue weighted by Gasteiger charge is 2.12. The van der Waals surface area contributed by atoms with Crippen LogP contribution in [0.3, 0.4) is 0 Å². The molecule has 26 heavy (non-hydrogen) atoms. The minimum absolute atomic E-state index is 0.316. The van der Waals surface area contributed by atoms with Crippen molar-refractivity contribution in [3.8, 4) is 5.95 Å². The van der Waals surface area contributed by atoms with Gasteiger partial charge in [-0.15, -0.1) is 0 Å². The number of hydrogen-bond acceptors (Lipinski definition) is 5. The lowest BCUT2D eigenvalue weighted by molar-refractivity contribution is 0.627. The second-order valence-corrected chi connectivity index (χ2v) is 5.63. The Balaban J connectivity index is 1.80. The number of hydrogen-bond donors (Lipinski definition) is 1. The Morgan fingerprint density at radius 3 is 2.81 bits per heavy atom. The minimum atomic E-state index is -0.327. The Hall–Kier alpha value is -3.68. The first-order chi connectivity index (χ1) is 12.6. The zero-order valence-electron chi connectivity index (χ0n) is 13.7. The van der Waals surface area contributed by atoms with Crippen molar-refractivity contribution in [1.82, 2.24) is 29.7 Å².